The smallest absolute Gasteiger partial charge is 0.405 e. The summed E-state index contributed by atoms with van der Waals surface area (Å²) >= 11 is 0.766. The predicted molar refractivity (Wildman–Crippen MR) is 160 cm³/mol. The van der Waals surface area contributed by atoms with Gasteiger partial charge in [0.2, 0.25) is 0 Å². The quantitative estimate of drug-likeness (QED) is 0.158. The van der Waals surface area contributed by atoms with Crippen molar-refractivity contribution < 1.29 is 32.0 Å². The molecule has 0 aromatic carbocycles. The Morgan fingerprint density at radius 2 is 1.70 bits per heavy atom. The molecule has 0 fully saturated rings. The summed E-state index contributed by atoms with van der Waals surface area (Å²) < 4.78 is 46.1. The average molecular weight is 638 g/mol. The van der Waals surface area contributed by atoms with Gasteiger partial charge in [0.25, 0.3) is 11.8 Å². The van der Waals surface area contributed by atoms with Crippen LogP contribution in [0.4, 0.5) is 23.8 Å². The Bertz CT molecular complexity index is 1440. The van der Waals surface area contributed by atoms with Crippen molar-refractivity contribution in [3.63, 3.8) is 0 Å². The Morgan fingerprint density at radius 1 is 1.00 bits per heavy atom. The predicted octanol–water partition coefficient (Wildman–Crippen LogP) is 5.60. The third-order valence-corrected chi connectivity index (χ3v) is 12.4. The zero-order valence-corrected chi connectivity index (χ0v) is 26.2. The van der Waals surface area contributed by atoms with Crippen molar-refractivity contribution in [1.29, 1.82) is 0 Å². The molecule has 0 aliphatic carbocycles. The lowest BCUT2D eigenvalue weighted by molar-refractivity contribution is -0.140. The largest absolute Gasteiger partial charge is 0.434 e. The molecule has 0 aliphatic heterocycles. The Labute approximate surface area is 252 Å². The van der Waals surface area contributed by atoms with Crippen molar-refractivity contribution in [2.24, 2.45) is 0 Å². The molecule has 43 heavy (non-hydrogen) atoms. The van der Waals surface area contributed by atoms with Crippen molar-refractivity contribution >= 4 is 43.3 Å². The first kappa shape index (κ1) is 33.6. The molecule has 4 amide bonds. The highest BCUT2D eigenvalue weighted by Crippen LogP contribution is 2.38. The number of pyridine rings is 2. The number of anilines is 1. The van der Waals surface area contributed by atoms with Crippen LogP contribution in [0.3, 0.4) is 0 Å². The number of aromatic nitrogens is 3. The van der Waals surface area contributed by atoms with E-state index in [4.69, 9.17) is 4.43 Å². The van der Waals surface area contributed by atoms with Crippen LogP contribution in [-0.2, 0) is 15.4 Å². The molecule has 16 heteroatoms. The first-order valence-electron chi connectivity index (χ1n) is 13.7. The van der Waals surface area contributed by atoms with Crippen molar-refractivity contribution in [3.8, 4) is 21.7 Å². The van der Waals surface area contributed by atoms with Crippen molar-refractivity contribution in [2.75, 3.05) is 11.9 Å². The molecule has 0 saturated carbocycles. The number of amides is 4. The van der Waals surface area contributed by atoms with Gasteiger partial charge >= 0.3 is 12.2 Å². The lowest BCUT2D eigenvalue weighted by Gasteiger charge is -2.31. The fourth-order valence-electron chi connectivity index (χ4n) is 4.21. The van der Waals surface area contributed by atoms with Crippen LogP contribution in [0.2, 0.25) is 18.1 Å². The van der Waals surface area contributed by atoms with E-state index in [1.165, 1.54) is 30.7 Å². The third kappa shape index (κ3) is 8.58. The summed E-state index contributed by atoms with van der Waals surface area (Å²) in [6.07, 6.45) is -1.39. The van der Waals surface area contributed by atoms with Crippen LogP contribution in [0, 0.1) is 0 Å². The van der Waals surface area contributed by atoms with Crippen LogP contribution in [0.5, 0.6) is 0 Å². The van der Waals surface area contributed by atoms with Gasteiger partial charge in [-0.15, -0.1) is 11.3 Å². The van der Waals surface area contributed by atoms with E-state index in [9.17, 15) is 27.6 Å². The van der Waals surface area contributed by atoms with Gasteiger partial charge in [0.1, 0.15) is 16.9 Å². The van der Waals surface area contributed by atoms with Crippen LogP contribution in [0.1, 0.15) is 50.7 Å². The summed E-state index contributed by atoms with van der Waals surface area (Å²) in [5.41, 5.74) is 4.64. The molecular formula is C27H34F3N7O4SSi. The molecule has 3 aromatic heterocycles. The van der Waals surface area contributed by atoms with E-state index in [1.54, 1.807) is 13.8 Å². The lowest BCUT2D eigenvalue weighted by Crippen LogP contribution is -2.50. The van der Waals surface area contributed by atoms with Gasteiger partial charge in [-0.2, -0.15) is 13.2 Å². The normalized spacial score (nSPS) is 12.4. The van der Waals surface area contributed by atoms with Gasteiger partial charge < -0.3 is 9.74 Å². The van der Waals surface area contributed by atoms with Gasteiger partial charge in [-0.25, -0.2) is 14.8 Å². The fraction of sp³-hybridized carbons (Fsp3) is 0.407. The number of urea groups is 1. The number of alkyl halides is 3. The summed E-state index contributed by atoms with van der Waals surface area (Å²) in [7, 11) is -2.05. The molecule has 4 N–H and O–H groups in total. The van der Waals surface area contributed by atoms with Gasteiger partial charge in [0, 0.05) is 47.2 Å². The minimum Gasteiger partial charge on any atom is -0.405 e. The molecule has 0 radical (unpaired) electrons. The summed E-state index contributed by atoms with van der Waals surface area (Å²) in [5, 5.41) is 5.98. The molecule has 1 atom stereocenters. The molecule has 11 nitrogen and oxygen atoms in total. The minimum atomic E-state index is -4.65. The number of hydrogen-bond donors (Lipinski definition) is 4. The molecule has 0 unspecified atom stereocenters. The summed E-state index contributed by atoms with van der Waals surface area (Å²) in [6.45, 7) is 9.84. The average Bonchev–Trinajstić information content (AvgIpc) is 3.50. The maximum Gasteiger partial charge on any atom is 0.434 e. The highest BCUT2D eigenvalue weighted by Gasteiger charge is 2.34. The van der Waals surface area contributed by atoms with Gasteiger partial charge in [-0.3, -0.25) is 30.7 Å². The van der Waals surface area contributed by atoms with Gasteiger partial charge in [0.05, 0.1) is 5.56 Å². The number of thiazole rings is 1. The maximum absolute atomic E-state index is 13.3. The maximum atomic E-state index is 13.3. The van der Waals surface area contributed by atoms with Crippen LogP contribution in [0.25, 0.3) is 21.7 Å². The number of hydrogen-bond acceptors (Lipinski definition) is 8. The summed E-state index contributed by atoms with van der Waals surface area (Å²) in [4.78, 5) is 49.6. The number of nitrogens with one attached hydrogen (secondary N) is 4. The number of carbonyl (C=O) groups is 3. The molecule has 0 saturated heterocycles. The molecule has 3 aromatic rings. The molecule has 0 aliphatic rings. The highest BCUT2D eigenvalue weighted by atomic mass is 32.1. The highest BCUT2D eigenvalue weighted by molar-refractivity contribution is 7.13. The summed E-state index contributed by atoms with van der Waals surface area (Å²) in [5.74, 6) is -1.09. The van der Waals surface area contributed by atoms with E-state index in [0.29, 0.717) is 17.7 Å². The molecule has 3 heterocycles. The Morgan fingerprint density at radius 3 is 2.30 bits per heavy atom. The van der Waals surface area contributed by atoms with Crippen molar-refractivity contribution in [2.45, 2.75) is 65.0 Å². The van der Waals surface area contributed by atoms with Gasteiger partial charge in [0.15, 0.2) is 14.0 Å². The van der Waals surface area contributed by atoms with E-state index in [0.717, 1.165) is 34.8 Å². The molecule has 0 spiro atoms. The zero-order valence-electron chi connectivity index (χ0n) is 24.4. The second-order valence-corrected chi connectivity index (χ2v) is 15.1. The Hall–Kier alpha value is -3.89. The zero-order chi connectivity index (χ0) is 31.8. The van der Waals surface area contributed by atoms with Gasteiger partial charge in [-0.1, -0.05) is 20.8 Å². The first-order chi connectivity index (χ1) is 20.4. The fourth-order valence-corrected chi connectivity index (χ4v) is 7.93. The topological polar surface area (TPSA) is 147 Å². The standard InChI is InChI=1S/C27H34F3N7O4SSi/c1-6-32-26(40)35-22-11-19(25-34-21(15-42-25)27(28,29)30)20(14-33-22)17-10-18(13-31-12-17)24(39)37-36-23(38)16(5)41-43(7-2,8-3)9-4/h10-16H,6-9H2,1-5H3,(H,36,38)(H,37,39)(H2,32,33,35,40)/t16-/m0/s1. The van der Waals surface area contributed by atoms with Crippen LogP contribution < -0.4 is 21.5 Å². The second-order valence-electron chi connectivity index (χ2n) is 9.54. The van der Waals surface area contributed by atoms with E-state index < -0.39 is 44.1 Å². The summed E-state index contributed by atoms with van der Waals surface area (Å²) in [6, 6.07) is 4.89. The van der Waals surface area contributed by atoms with Crippen LogP contribution in [0.15, 0.2) is 36.1 Å². The number of hydrazine groups is 1. The van der Waals surface area contributed by atoms with E-state index in [2.05, 4.69) is 36.4 Å². The van der Waals surface area contributed by atoms with E-state index in [1.807, 2.05) is 20.8 Å². The molecule has 3 rings (SSSR count). The minimum absolute atomic E-state index is 0.0191. The van der Waals surface area contributed by atoms with Crippen molar-refractivity contribution in [3.05, 3.63) is 47.4 Å². The Kier molecular flexibility index (Phi) is 11.4. The van der Waals surface area contributed by atoms with E-state index in [-0.39, 0.29) is 22.0 Å². The van der Waals surface area contributed by atoms with E-state index >= 15 is 0 Å². The number of halogens is 3. The SMILES string of the molecule is CCNC(=O)Nc1cc(-c2nc(C(F)(F)F)cs2)c(-c2cncc(C(=O)NNC(=O)[C@H](C)O[Si](CC)(CC)CC)c2)cn1. The monoisotopic (exact) mass is 637 g/mol. The number of carbonyl (C=O) groups excluding carboxylic acids is 3. The molecular weight excluding hydrogens is 603 g/mol. The van der Waals surface area contributed by atoms with Crippen LogP contribution in [-0.4, -0.2) is 53.8 Å². The Balaban J connectivity index is 1.87. The second kappa shape index (κ2) is 14.5. The van der Waals surface area contributed by atoms with Crippen molar-refractivity contribution in [1.82, 2.24) is 31.1 Å². The van der Waals surface area contributed by atoms with Gasteiger partial charge in [-0.05, 0) is 44.1 Å². The molecule has 0 bridgehead atoms. The number of rotatable bonds is 11. The number of nitrogens with zero attached hydrogens (tertiary/aromatic N) is 3. The molecule has 232 valence electrons. The lowest BCUT2D eigenvalue weighted by atomic mass is 10.0. The van der Waals surface area contributed by atoms with Crippen LogP contribution >= 0.6 is 11.3 Å². The third-order valence-electron chi connectivity index (χ3n) is 6.85. The first-order valence-corrected chi connectivity index (χ1v) is 17.1.